The molecule has 0 radical (unpaired) electrons. The summed E-state index contributed by atoms with van der Waals surface area (Å²) in [6.07, 6.45) is 0. The monoisotopic (exact) mass is 290 g/mol. The van der Waals surface area contributed by atoms with E-state index in [9.17, 15) is 4.79 Å². The third kappa shape index (κ3) is 2.33. The number of nitrogens with zero attached hydrogens (tertiary/aromatic N) is 6. The van der Waals surface area contributed by atoms with Gasteiger partial charge in [-0.05, 0) is 21.1 Å². The number of aliphatic carboxylic acids is 1. The summed E-state index contributed by atoms with van der Waals surface area (Å²) in [5.41, 5.74) is 0. The van der Waals surface area contributed by atoms with Crippen LogP contribution in [-0.2, 0) is 11.3 Å². The van der Waals surface area contributed by atoms with Crippen LogP contribution in [0.3, 0.4) is 0 Å². The molecule has 0 aliphatic carbocycles. The molecule has 0 spiro atoms. The fourth-order valence-electron chi connectivity index (χ4n) is 0.813. The summed E-state index contributed by atoms with van der Waals surface area (Å²) in [6, 6.07) is 0. The molecular formula is C5H3BrN6O2S. The first-order valence-corrected chi connectivity index (χ1v) is 5.25. The quantitative estimate of drug-likeness (QED) is 0.850. The van der Waals surface area contributed by atoms with E-state index in [2.05, 4.69) is 41.5 Å². The van der Waals surface area contributed by atoms with Gasteiger partial charge in [0.15, 0.2) is 15.5 Å². The average Bonchev–Trinajstić information content (AvgIpc) is 2.72. The van der Waals surface area contributed by atoms with Gasteiger partial charge in [0.1, 0.15) is 0 Å². The van der Waals surface area contributed by atoms with Crippen molar-refractivity contribution in [3.8, 4) is 10.8 Å². The zero-order chi connectivity index (χ0) is 10.8. The van der Waals surface area contributed by atoms with Gasteiger partial charge in [-0.15, -0.1) is 20.4 Å². The molecule has 2 aromatic rings. The highest BCUT2D eigenvalue weighted by atomic mass is 79.9. The van der Waals surface area contributed by atoms with Crippen LogP contribution in [0.15, 0.2) is 3.92 Å². The first kappa shape index (κ1) is 10.1. The highest BCUT2D eigenvalue weighted by molar-refractivity contribution is 9.11. The fraction of sp³-hybridized carbons (Fsp3) is 0.200. The van der Waals surface area contributed by atoms with Crippen molar-refractivity contribution in [3.05, 3.63) is 3.92 Å². The summed E-state index contributed by atoms with van der Waals surface area (Å²) in [5, 5.41) is 27.5. The summed E-state index contributed by atoms with van der Waals surface area (Å²) >= 11 is 4.39. The summed E-state index contributed by atoms with van der Waals surface area (Å²) in [4.78, 5) is 11.3. The van der Waals surface area contributed by atoms with E-state index in [-0.39, 0.29) is 12.4 Å². The van der Waals surface area contributed by atoms with Crippen molar-refractivity contribution in [2.24, 2.45) is 0 Å². The second kappa shape index (κ2) is 3.98. The van der Waals surface area contributed by atoms with Crippen molar-refractivity contribution in [2.45, 2.75) is 6.54 Å². The fourth-order valence-corrected chi connectivity index (χ4v) is 1.85. The summed E-state index contributed by atoms with van der Waals surface area (Å²) in [5.74, 6) is -0.767. The zero-order valence-electron chi connectivity index (χ0n) is 7.03. The van der Waals surface area contributed by atoms with Crippen molar-refractivity contribution < 1.29 is 9.90 Å². The van der Waals surface area contributed by atoms with Crippen LogP contribution in [0.2, 0.25) is 0 Å². The van der Waals surface area contributed by atoms with E-state index < -0.39 is 5.97 Å². The number of carbonyl (C=O) groups is 1. The first-order valence-electron chi connectivity index (χ1n) is 3.64. The molecule has 10 heteroatoms. The molecule has 0 saturated carbocycles. The Kier molecular flexibility index (Phi) is 2.68. The van der Waals surface area contributed by atoms with Gasteiger partial charge in [-0.3, -0.25) is 4.79 Å². The Morgan fingerprint density at radius 3 is 2.87 bits per heavy atom. The molecule has 8 nitrogen and oxygen atoms in total. The lowest BCUT2D eigenvalue weighted by molar-refractivity contribution is -0.138. The van der Waals surface area contributed by atoms with Gasteiger partial charge in [-0.1, -0.05) is 11.3 Å². The smallest absolute Gasteiger partial charge is 0.327 e. The van der Waals surface area contributed by atoms with Crippen LogP contribution in [0, 0.1) is 0 Å². The Hall–Kier alpha value is -1.42. The zero-order valence-corrected chi connectivity index (χ0v) is 9.43. The van der Waals surface area contributed by atoms with Gasteiger partial charge in [0.2, 0.25) is 5.82 Å². The molecule has 0 saturated heterocycles. The van der Waals surface area contributed by atoms with Crippen LogP contribution in [0.25, 0.3) is 10.8 Å². The third-order valence-corrected chi connectivity index (χ3v) is 2.67. The van der Waals surface area contributed by atoms with Gasteiger partial charge >= 0.3 is 5.97 Å². The molecule has 15 heavy (non-hydrogen) atoms. The summed E-state index contributed by atoms with van der Waals surface area (Å²) in [7, 11) is 0. The number of carboxylic acids is 1. The third-order valence-electron chi connectivity index (χ3n) is 1.32. The minimum absolute atomic E-state index is 0.263. The second-order valence-corrected chi connectivity index (χ2v) is 4.65. The van der Waals surface area contributed by atoms with Crippen LogP contribution in [0.5, 0.6) is 0 Å². The number of aromatic nitrogens is 6. The lowest BCUT2D eigenvalue weighted by atomic mass is 10.7. The number of halogens is 1. The normalized spacial score (nSPS) is 10.5. The average molecular weight is 291 g/mol. The Balaban J connectivity index is 2.23. The van der Waals surface area contributed by atoms with Crippen molar-refractivity contribution in [2.75, 3.05) is 0 Å². The minimum Gasteiger partial charge on any atom is -0.480 e. The van der Waals surface area contributed by atoms with Crippen LogP contribution < -0.4 is 0 Å². The molecule has 0 aliphatic rings. The first-order chi connectivity index (χ1) is 7.15. The molecule has 0 unspecified atom stereocenters. The Morgan fingerprint density at radius 1 is 1.47 bits per heavy atom. The van der Waals surface area contributed by atoms with E-state index in [4.69, 9.17) is 5.11 Å². The number of rotatable bonds is 3. The molecule has 1 N–H and O–H groups in total. The molecule has 78 valence electrons. The van der Waals surface area contributed by atoms with Gasteiger partial charge in [-0.2, -0.15) is 4.80 Å². The molecule has 0 amide bonds. The molecule has 0 bridgehead atoms. The molecule has 0 fully saturated rings. The van der Waals surface area contributed by atoms with Crippen molar-refractivity contribution in [1.82, 2.24) is 30.4 Å². The molecule has 0 atom stereocenters. The van der Waals surface area contributed by atoms with Crippen LogP contribution in [0.1, 0.15) is 0 Å². The maximum atomic E-state index is 10.4. The number of tetrazole rings is 1. The van der Waals surface area contributed by atoms with E-state index in [0.29, 0.717) is 8.92 Å². The highest BCUT2D eigenvalue weighted by Gasteiger charge is 2.12. The Labute approximate surface area is 95.1 Å². The van der Waals surface area contributed by atoms with E-state index in [0.717, 1.165) is 4.80 Å². The van der Waals surface area contributed by atoms with Crippen LogP contribution in [0.4, 0.5) is 0 Å². The topological polar surface area (TPSA) is 107 Å². The van der Waals surface area contributed by atoms with Gasteiger partial charge in [0, 0.05) is 0 Å². The minimum atomic E-state index is -1.03. The largest absolute Gasteiger partial charge is 0.480 e. The highest BCUT2D eigenvalue weighted by Crippen LogP contribution is 2.22. The van der Waals surface area contributed by atoms with Gasteiger partial charge in [-0.25, -0.2) is 0 Å². The lowest BCUT2D eigenvalue weighted by Gasteiger charge is -1.88. The molecule has 2 heterocycles. The predicted molar refractivity (Wildman–Crippen MR) is 52.1 cm³/mol. The number of hydrogen-bond acceptors (Lipinski definition) is 7. The van der Waals surface area contributed by atoms with Crippen molar-refractivity contribution in [1.29, 1.82) is 0 Å². The maximum absolute atomic E-state index is 10.4. The molecule has 0 aromatic carbocycles. The van der Waals surface area contributed by atoms with Gasteiger partial charge in [0.25, 0.3) is 0 Å². The Bertz CT molecular complexity index is 495. The molecular weight excluding hydrogens is 288 g/mol. The summed E-state index contributed by atoms with van der Waals surface area (Å²) < 4.78 is 0.604. The van der Waals surface area contributed by atoms with E-state index in [1.807, 2.05) is 0 Å². The SMILES string of the molecule is O=C(O)Cn1nnc(-c2nnc(Br)s2)n1. The number of carboxylic acid groups (broad SMARTS) is 1. The molecule has 0 aliphatic heterocycles. The van der Waals surface area contributed by atoms with Crippen LogP contribution >= 0.6 is 27.3 Å². The van der Waals surface area contributed by atoms with E-state index >= 15 is 0 Å². The summed E-state index contributed by atoms with van der Waals surface area (Å²) in [6.45, 7) is -0.326. The lowest BCUT2D eigenvalue weighted by Crippen LogP contribution is -2.11. The Morgan fingerprint density at radius 2 is 2.27 bits per heavy atom. The second-order valence-electron chi connectivity index (χ2n) is 2.40. The van der Waals surface area contributed by atoms with E-state index in [1.54, 1.807) is 0 Å². The van der Waals surface area contributed by atoms with Crippen LogP contribution in [-0.4, -0.2) is 41.5 Å². The molecule has 2 rings (SSSR count). The number of hydrogen-bond donors (Lipinski definition) is 1. The van der Waals surface area contributed by atoms with Crippen molar-refractivity contribution >= 4 is 33.2 Å². The standard InChI is InChI=1S/C5H3BrN6O2S/c6-5-9-8-4(15-5)3-7-11-12(10-3)1-2(13)14/h1H2,(H,13,14). The van der Waals surface area contributed by atoms with Crippen molar-refractivity contribution in [3.63, 3.8) is 0 Å². The maximum Gasteiger partial charge on any atom is 0.327 e. The van der Waals surface area contributed by atoms with Gasteiger partial charge < -0.3 is 5.11 Å². The predicted octanol–water partition coefficient (Wildman–Crippen LogP) is 0.0387. The van der Waals surface area contributed by atoms with E-state index in [1.165, 1.54) is 11.3 Å². The van der Waals surface area contributed by atoms with Gasteiger partial charge in [0.05, 0.1) is 0 Å². The molecule has 2 aromatic heterocycles.